The van der Waals surface area contributed by atoms with Crippen LogP contribution in [0.15, 0.2) is 18.2 Å². The normalized spacial score (nSPS) is 12.5. The Labute approximate surface area is 154 Å². The van der Waals surface area contributed by atoms with E-state index < -0.39 is 18.1 Å². The van der Waals surface area contributed by atoms with Gasteiger partial charge in [0, 0.05) is 6.54 Å². The lowest BCUT2D eigenvalue weighted by Gasteiger charge is -2.19. The molecular formula is C17H27ClN2O5. The molecule has 1 aromatic carbocycles. The van der Waals surface area contributed by atoms with Crippen LogP contribution in [0, 0.1) is 0 Å². The standard InChI is InChI=1S/C17H26N2O5.ClH/c1-5-6-13(17(21)22)19-11(2)16(20)18-10-12-7-8-14(23-3)15(9-12)24-4;/h7-9,11,13,19H,5-6,10H2,1-4H3,(H,18,20)(H,21,22);1H. The number of methoxy groups -OCH3 is 2. The number of benzene rings is 1. The van der Waals surface area contributed by atoms with Gasteiger partial charge in [0.05, 0.1) is 20.3 Å². The summed E-state index contributed by atoms with van der Waals surface area (Å²) >= 11 is 0. The number of carbonyl (C=O) groups excluding carboxylic acids is 1. The van der Waals surface area contributed by atoms with Crippen molar-refractivity contribution in [2.24, 2.45) is 0 Å². The summed E-state index contributed by atoms with van der Waals surface area (Å²) in [5.41, 5.74) is 0.858. The van der Waals surface area contributed by atoms with Crippen LogP contribution in [-0.2, 0) is 16.1 Å². The lowest BCUT2D eigenvalue weighted by molar-refractivity contribution is -0.140. The first kappa shape index (κ1) is 23.0. The van der Waals surface area contributed by atoms with Gasteiger partial charge in [-0.3, -0.25) is 14.9 Å². The molecule has 1 amide bonds. The number of carboxylic acids is 1. The molecule has 1 aromatic rings. The Balaban J connectivity index is 0.00000576. The summed E-state index contributed by atoms with van der Waals surface area (Å²) in [6, 6.07) is 4.06. The van der Waals surface area contributed by atoms with E-state index in [1.807, 2.05) is 13.0 Å². The lowest BCUT2D eigenvalue weighted by atomic mass is 10.1. The summed E-state index contributed by atoms with van der Waals surface area (Å²) in [6.45, 7) is 3.87. The highest BCUT2D eigenvalue weighted by Gasteiger charge is 2.22. The largest absolute Gasteiger partial charge is 0.493 e. The van der Waals surface area contributed by atoms with Crippen molar-refractivity contribution in [2.45, 2.75) is 45.3 Å². The maximum atomic E-state index is 12.1. The topological polar surface area (TPSA) is 96.9 Å². The van der Waals surface area contributed by atoms with E-state index in [2.05, 4.69) is 10.6 Å². The predicted molar refractivity (Wildman–Crippen MR) is 97.6 cm³/mol. The minimum absolute atomic E-state index is 0. The molecule has 0 saturated carbocycles. The van der Waals surface area contributed by atoms with Crippen LogP contribution in [0.25, 0.3) is 0 Å². The minimum Gasteiger partial charge on any atom is -0.493 e. The van der Waals surface area contributed by atoms with Crippen LogP contribution in [0.2, 0.25) is 0 Å². The number of hydrogen-bond donors (Lipinski definition) is 3. The Morgan fingerprint density at radius 1 is 1.20 bits per heavy atom. The van der Waals surface area contributed by atoms with E-state index in [1.54, 1.807) is 33.3 Å². The molecule has 2 atom stereocenters. The van der Waals surface area contributed by atoms with Gasteiger partial charge in [-0.25, -0.2) is 0 Å². The van der Waals surface area contributed by atoms with Crippen LogP contribution in [0.5, 0.6) is 11.5 Å². The van der Waals surface area contributed by atoms with Crippen molar-refractivity contribution < 1.29 is 24.2 Å². The van der Waals surface area contributed by atoms with Crippen LogP contribution in [0.1, 0.15) is 32.3 Å². The predicted octanol–water partition coefficient (Wildman–Crippen LogP) is 1.97. The van der Waals surface area contributed by atoms with E-state index in [1.165, 1.54) is 0 Å². The first-order valence-corrected chi connectivity index (χ1v) is 7.90. The molecule has 8 heteroatoms. The van der Waals surface area contributed by atoms with Gasteiger partial charge >= 0.3 is 5.97 Å². The molecule has 0 radical (unpaired) electrons. The zero-order chi connectivity index (χ0) is 18.1. The molecule has 2 unspecified atom stereocenters. The number of ether oxygens (including phenoxy) is 2. The number of aliphatic carboxylic acids is 1. The monoisotopic (exact) mass is 374 g/mol. The van der Waals surface area contributed by atoms with Gasteiger partial charge in [-0.05, 0) is 31.0 Å². The van der Waals surface area contributed by atoms with E-state index in [4.69, 9.17) is 14.6 Å². The fourth-order valence-electron chi connectivity index (χ4n) is 2.28. The quantitative estimate of drug-likeness (QED) is 0.579. The number of rotatable bonds is 10. The number of nitrogens with one attached hydrogen (secondary N) is 2. The molecule has 0 aliphatic heterocycles. The number of carbonyl (C=O) groups is 2. The second-order valence-corrected chi connectivity index (χ2v) is 5.47. The molecule has 7 nitrogen and oxygen atoms in total. The summed E-state index contributed by atoms with van der Waals surface area (Å²) in [6.07, 6.45) is 1.20. The third kappa shape index (κ3) is 7.19. The molecule has 0 aliphatic rings. The number of amides is 1. The van der Waals surface area contributed by atoms with Gasteiger partial charge in [0.2, 0.25) is 5.91 Å². The van der Waals surface area contributed by atoms with Crippen molar-refractivity contribution in [2.75, 3.05) is 14.2 Å². The van der Waals surface area contributed by atoms with Crippen LogP contribution in [-0.4, -0.2) is 43.3 Å². The van der Waals surface area contributed by atoms with Crippen molar-refractivity contribution in [3.8, 4) is 11.5 Å². The van der Waals surface area contributed by atoms with Gasteiger partial charge in [-0.1, -0.05) is 19.4 Å². The fourth-order valence-corrected chi connectivity index (χ4v) is 2.28. The molecule has 142 valence electrons. The van der Waals surface area contributed by atoms with Gasteiger partial charge < -0.3 is 19.9 Å². The number of halogens is 1. The lowest BCUT2D eigenvalue weighted by Crippen LogP contribution is -2.49. The molecule has 0 heterocycles. The van der Waals surface area contributed by atoms with Crippen molar-refractivity contribution in [3.63, 3.8) is 0 Å². The summed E-state index contributed by atoms with van der Waals surface area (Å²) in [7, 11) is 3.10. The first-order valence-electron chi connectivity index (χ1n) is 7.90. The molecule has 0 saturated heterocycles. The summed E-state index contributed by atoms with van der Waals surface area (Å²) in [5, 5.41) is 14.8. The zero-order valence-corrected chi connectivity index (χ0v) is 15.8. The maximum absolute atomic E-state index is 12.1. The van der Waals surface area contributed by atoms with Crippen molar-refractivity contribution in [3.05, 3.63) is 23.8 Å². The molecule has 0 aromatic heterocycles. The van der Waals surface area contributed by atoms with Crippen molar-refractivity contribution in [1.29, 1.82) is 0 Å². The summed E-state index contributed by atoms with van der Waals surface area (Å²) < 4.78 is 10.4. The molecule has 1 rings (SSSR count). The fraction of sp³-hybridized carbons (Fsp3) is 0.529. The highest BCUT2D eigenvalue weighted by Crippen LogP contribution is 2.27. The molecule has 25 heavy (non-hydrogen) atoms. The molecular weight excluding hydrogens is 348 g/mol. The Kier molecular flexibility index (Phi) is 10.6. The minimum atomic E-state index is -0.948. The van der Waals surface area contributed by atoms with Crippen molar-refractivity contribution >= 4 is 24.3 Å². The maximum Gasteiger partial charge on any atom is 0.320 e. The van der Waals surface area contributed by atoms with E-state index >= 15 is 0 Å². The van der Waals surface area contributed by atoms with Crippen molar-refractivity contribution in [1.82, 2.24) is 10.6 Å². The molecule has 0 spiro atoms. The van der Waals surface area contributed by atoms with Gasteiger partial charge in [-0.2, -0.15) is 0 Å². The van der Waals surface area contributed by atoms with E-state index in [9.17, 15) is 9.59 Å². The van der Waals surface area contributed by atoms with E-state index in [-0.39, 0.29) is 18.3 Å². The van der Waals surface area contributed by atoms with E-state index in [0.29, 0.717) is 24.5 Å². The van der Waals surface area contributed by atoms with Gasteiger partial charge in [0.1, 0.15) is 6.04 Å². The summed E-state index contributed by atoms with van der Waals surface area (Å²) in [4.78, 5) is 23.3. The van der Waals surface area contributed by atoms with Gasteiger partial charge in [0.25, 0.3) is 0 Å². The molecule has 0 aliphatic carbocycles. The van der Waals surface area contributed by atoms with E-state index in [0.717, 1.165) is 12.0 Å². The van der Waals surface area contributed by atoms with Gasteiger partial charge in [0.15, 0.2) is 11.5 Å². The third-order valence-electron chi connectivity index (χ3n) is 3.63. The second-order valence-electron chi connectivity index (χ2n) is 5.47. The zero-order valence-electron chi connectivity index (χ0n) is 15.0. The second kappa shape index (κ2) is 11.5. The first-order chi connectivity index (χ1) is 11.4. The highest BCUT2D eigenvalue weighted by molar-refractivity contribution is 5.85. The Morgan fingerprint density at radius 2 is 1.84 bits per heavy atom. The van der Waals surface area contributed by atoms with Gasteiger partial charge in [-0.15, -0.1) is 12.4 Å². The van der Waals surface area contributed by atoms with Crippen LogP contribution < -0.4 is 20.1 Å². The summed E-state index contributed by atoms with van der Waals surface area (Å²) in [5.74, 6) is -0.000634. The highest BCUT2D eigenvalue weighted by atomic mass is 35.5. The third-order valence-corrected chi connectivity index (χ3v) is 3.63. The molecule has 3 N–H and O–H groups in total. The van der Waals surface area contributed by atoms with Crippen LogP contribution >= 0.6 is 12.4 Å². The molecule has 0 fully saturated rings. The van der Waals surface area contributed by atoms with Crippen LogP contribution in [0.3, 0.4) is 0 Å². The smallest absolute Gasteiger partial charge is 0.320 e. The Morgan fingerprint density at radius 3 is 2.36 bits per heavy atom. The number of carboxylic acid groups (broad SMARTS) is 1. The molecule has 0 bridgehead atoms. The Bertz CT molecular complexity index is 568. The van der Waals surface area contributed by atoms with Crippen LogP contribution in [0.4, 0.5) is 0 Å². The SMILES string of the molecule is CCCC(NC(C)C(=O)NCc1ccc(OC)c(OC)c1)C(=O)O.Cl. The average Bonchev–Trinajstić information content (AvgIpc) is 2.58. The Hall–Kier alpha value is -1.99. The average molecular weight is 375 g/mol. The number of hydrogen-bond acceptors (Lipinski definition) is 5.